The SMILES string of the molecule is ClCCl.ClCCl.c1ccc2c(c1)O[B-]1([N+]3=C4CCCN4CCC3)Oc3ccccc3O[B-]1([N+]1=C3CCCN3CCC1)O2. The summed E-state index contributed by atoms with van der Waals surface area (Å²) in [5.74, 6) is 5.50. The highest BCUT2D eigenvalue weighted by Crippen LogP contribution is 2.48. The maximum atomic E-state index is 7.16. The zero-order valence-corrected chi connectivity index (χ0v) is 26.6. The highest BCUT2D eigenvalue weighted by atomic mass is 35.5. The van der Waals surface area contributed by atoms with Crippen LogP contribution >= 0.6 is 46.4 Å². The number of halogens is 4. The van der Waals surface area contributed by atoms with Gasteiger partial charge in [0.2, 0.25) is 11.7 Å². The average Bonchev–Trinajstić information content (AvgIpc) is 3.69. The summed E-state index contributed by atoms with van der Waals surface area (Å²) in [7, 11) is 0. The summed E-state index contributed by atoms with van der Waals surface area (Å²) in [5.41, 5.74) is 0. The molecule has 0 N–H and O–H groups in total. The Bertz CT molecular complexity index is 1220. The van der Waals surface area contributed by atoms with Crippen molar-refractivity contribution in [3.05, 3.63) is 48.5 Å². The Morgan fingerprint density at radius 1 is 0.548 bits per heavy atom. The van der Waals surface area contributed by atoms with Crippen LogP contribution in [0, 0.1) is 0 Å². The van der Waals surface area contributed by atoms with Gasteiger partial charge in [-0.25, -0.2) is 0 Å². The molecule has 0 amide bonds. The van der Waals surface area contributed by atoms with E-state index in [1.807, 2.05) is 48.5 Å². The van der Waals surface area contributed by atoms with Gasteiger partial charge in [0.1, 0.15) is 23.0 Å². The number of hydrogen-bond donors (Lipinski definition) is 0. The molecule has 6 aliphatic rings. The maximum absolute atomic E-state index is 7.16. The quantitative estimate of drug-likeness (QED) is 0.313. The highest BCUT2D eigenvalue weighted by molar-refractivity contribution is 7.26. The Kier molecular flexibility index (Phi) is 9.15. The van der Waals surface area contributed by atoms with E-state index in [2.05, 4.69) is 18.8 Å². The molecule has 0 bridgehead atoms. The van der Waals surface area contributed by atoms with Crippen LogP contribution in [0.5, 0.6) is 23.0 Å². The largest absolute Gasteiger partial charge is 0.661 e. The fourth-order valence-electron chi connectivity index (χ4n) is 7.58. The Labute approximate surface area is 267 Å². The van der Waals surface area contributed by atoms with Crippen LogP contribution in [0.2, 0.25) is 0 Å². The first kappa shape index (κ1) is 29.9. The second-order valence-electron chi connectivity index (χ2n) is 11.1. The minimum atomic E-state index is -2.25. The minimum Gasteiger partial charge on any atom is -0.661 e. The molecular weight excluding hydrogens is 620 g/mol. The Morgan fingerprint density at radius 3 is 1.19 bits per heavy atom. The Morgan fingerprint density at radius 2 is 0.857 bits per heavy atom. The van der Waals surface area contributed by atoms with Crippen LogP contribution < -0.4 is 18.6 Å². The van der Waals surface area contributed by atoms with Crippen molar-refractivity contribution in [2.24, 2.45) is 0 Å². The predicted octanol–water partition coefficient (Wildman–Crippen LogP) is 5.55. The summed E-state index contributed by atoms with van der Waals surface area (Å²) in [6, 6.07) is 16.0. The van der Waals surface area contributed by atoms with Crippen LogP contribution in [0.3, 0.4) is 0 Å². The van der Waals surface area contributed by atoms with E-state index in [-0.39, 0.29) is 10.7 Å². The van der Waals surface area contributed by atoms with E-state index < -0.39 is 13.2 Å². The van der Waals surface area contributed by atoms with Gasteiger partial charge in [-0.2, -0.15) is 0 Å². The van der Waals surface area contributed by atoms with Crippen LogP contribution in [0.4, 0.5) is 0 Å². The third kappa shape index (κ3) is 5.06. The Balaban J connectivity index is 0.000000488. The van der Waals surface area contributed by atoms with Gasteiger partial charge in [0.05, 0.1) is 36.9 Å². The van der Waals surface area contributed by atoms with Gasteiger partial charge in [-0.1, -0.05) is 24.3 Å². The lowest BCUT2D eigenvalue weighted by molar-refractivity contribution is -0.475. The first-order chi connectivity index (χ1) is 20.6. The van der Waals surface area contributed by atoms with E-state index in [1.165, 1.54) is 11.7 Å². The number of rotatable bonds is 2. The minimum absolute atomic E-state index is 0.194. The molecular formula is C28H36B2Cl4N4O4. The third-order valence-corrected chi connectivity index (χ3v) is 8.99. The van der Waals surface area contributed by atoms with Crippen LogP contribution in [0.25, 0.3) is 0 Å². The molecule has 6 heterocycles. The predicted molar refractivity (Wildman–Crippen MR) is 171 cm³/mol. The molecule has 2 aromatic rings. The molecule has 8 nitrogen and oxygen atoms in total. The molecule has 0 aliphatic carbocycles. The van der Waals surface area contributed by atoms with Crippen molar-refractivity contribution < 1.29 is 27.6 Å². The molecule has 0 radical (unpaired) electrons. The van der Waals surface area contributed by atoms with Gasteiger partial charge in [-0.3, -0.25) is 9.80 Å². The van der Waals surface area contributed by atoms with Crippen molar-refractivity contribution in [1.29, 1.82) is 0 Å². The molecule has 226 valence electrons. The lowest BCUT2D eigenvalue weighted by atomic mass is 9.24. The molecule has 0 spiro atoms. The van der Waals surface area contributed by atoms with Crippen LogP contribution in [0.15, 0.2) is 48.5 Å². The molecule has 0 saturated carbocycles. The standard InChI is InChI=1S/C26H32B2N4O4.2CH2Cl2/c1-2-10-22-21(9-1)33-27(31-19-7-17-29-15-5-13-25(29)31)28(34-22,36-24-12-4-3-11-23(24)35-27)32-20-8-18-30-16-6-14-26(30)32;2*2-1-3/h1-4,9-12H,5-8,13-20H2;2*1H2. The van der Waals surface area contributed by atoms with Gasteiger partial charge >= 0.3 is 13.2 Å². The number of amidine groups is 2. The molecule has 2 fully saturated rings. The lowest BCUT2D eigenvalue weighted by Crippen LogP contribution is -2.90. The van der Waals surface area contributed by atoms with Gasteiger partial charge in [0.15, 0.2) is 0 Å². The molecule has 8 rings (SSSR count). The average molecular weight is 656 g/mol. The monoisotopic (exact) mass is 654 g/mol. The van der Waals surface area contributed by atoms with E-state index >= 15 is 0 Å². The third-order valence-electron chi connectivity index (χ3n) is 8.99. The van der Waals surface area contributed by atoms with Crippen LogP contribution in [-0.2, 0) is 0 Å². The number of hydrogen-bond acceptors (Lipinski definition) is 6. The van der Waals surface area contributed by atoms with Gasteiger partial charge in [0, 0.05) is 38.8 Å². The van der Waals surface area contributed by atoms with Crippen molar-refractivity contribution >= 4 is 71.2 Å². The summed E-state index contributed by atoms with van der Waals surface area (Å²) in [6.45, 7) is 1.57. The van der Waals surface area contributed by atoms with Crippen LogP contribution in [0.1, 0.15) is 38.5 Å². The maximum Gasteiger partial charge on any atom is 0.539 e. The van der Waals surface area contributed by atoms with E-state index in [1.54, 1.807) is 0 Å². The zero-order valence-electron chi connectivity index (χ0n) is 23.6. The second-order valence-corrected chi connectivity index (χ2v) is 12.7. The van der Waals surface area contributed by atoms with E-state index in [9.17, 15) is 0 Å². The topological polar surface area (TPSA) is 49.4 Å². The number of benzene rings is 2. The smallest absolute Gasteiger partial charge is 0.539 e. The molecule has 42 heavy (non-hydrogen) atoms. The summed E-state index contributed by atoms with van der Waals surface area (Å²) in [5, 5.41) is 0.389. The summed E-state index contributed by atoms with van der Waals surface area (Å²) in [6.07, 6.45) is 6.46. The highest BCUT2D eigenvalue weighted by Gasteiger charge is 2.73. The fraction of sp³-hybridized carbons (Fsp3) is 0.500. The summed E-state index contributed by atoms with van der Waals surface area (Å²) < 4.78 is 33.5. The van der Waals surface area contributed by atoms with Crippen molar-refractivity contribution in [3.63, 3.8) is 0 Å². The first-order valence-corrected chi connectivity index (χ1v) is 17.0. The molecule has 2 saturated heterocycles. The number of alkyl halides is 4. The second kappa shape index (κ2) is 12.8. The lowest BCUT2D eigenvalue weighted by Gasteiger charge is -2.63. The van der Waals surface area contributed by atoms with Gasteiger partial charge in [0.25, 0.3) is 0 Å². The van der Waals surface area contributed by atoms with Crippen molar-refractivity contribution in [2.75, 3.05) is 49.9 Å². The van der Waals surface area contributed by atoms with Gasteiger partial charge < -0.3 is 27.6 Å². The Hall–Kier alpha value is -2.13. The van der Waals surface area contributed by atoms with Crippen molar-refractivity contribution in [3.8, 4) is 23.0 Å². The van der Waals surface area contributed by atoms with E-state index in [4.69, 9.17) is 65.0 Å². The fourth-order valence-corrected chi connectivity index (χ4v) is 7.58. The number of para-hydroxylation sites is 4. The molecule has 14 heteroatoms. The first-order valence-electron chi connectivity index (χ1n) is 14.8. The molecule has 6 aliphatic heterocycles. The molecule has 0 atom stereocenters. The van der Waals surface area contributed by atoms with Crippen LogP contribution in [-0.4, -0.2) is 93.5 Å². The van der Waals surface area contributed by atoms with Gasteiger partial charge in [-0.05, 0) is 37.1 Å². The summed E-state index contributed by atoms with van der Waals surface area (Å²) in [4.78, 5) is 5.03. The zero-order chi connectivity index (χ0) is 29.2. The number of nitrogens with zero attached hydrogens (tertiary/aromatic N) is 4. The molecule has 2 aromatic carbocycles. The van der Waals surface area contributed by atoms with Gasteiger partial charge in [-0.15, -0.1) is 46.4 Å². The van der Waals surface area contributed by atoms with E-state index in [0.717, 1.165) is 101 Å². The normalized spacial score (nSPS) is 26.8. The molecule has 0 aromatic heterocycles. The van der Waals surface area contributed by atoms with Crippen molar-refractivity contribution in [1.82, 2.24) is 9.80 Å². The number of fused-ring (bicyclic) bond motifs is 5. The van der Waals surface area contributed by atoms with Crippen molar-refractivity contribution in [2.45, 2.75) is 38.5 Å². The molecule has 0 unspecified atom stereocenters. The van der Waals surface area contributed by atoms with E-state index in [0.29, 0.717) is 0 Å². The summed E-state index contributed by atoms with van der Waals surface area (Å²) >= 11 is 19.1.